The van der Waals surface area contributed by atoms with Crippen LogP contribution < -0.4 is 0 Å². The molecule has 12 heteroatoms. The lowest BCUT2D eigenvalue weighted by Crippen LogP contribution is -2.36. The number of carboxylic acid groups (broad SMARTS) is 4. The first-order chi connectivity index (χ1) is 18.5. The molecule has 0 saturated carbocycles. The van der Waals surface area contributed by atoms with Crippen molar-refractivity contribution in [2.24, 2.45) is 5.92 Å². The van der Waals surface area contributed by atoms with Crippen LogP contribution in [0.3, 0.4) is 0 Å². The number of rotatable bonds is 9. The molecule has 1 fully saturated rings. The van der Waals surface area contributed by atoms with Crippen LogP contribution in [-0.4, -0.2) is 73.1 Å². The summed E-state index contributed by atoms with van der Waals surface area (Å²) in [6.07, 6.45) is 8.09. The van der Waals surface area contributed by atoms with Crippen molar-refractivity contribution in [3.8, 4) is 0 Å². The smallest absolute Gasteiger partial charge is 0.328 e. The number of carbonyl (C=O) groups is 5. The molecule has 39 heavy (non-hydrogen) atoms. The Balaban J connectivity index is 0.000000393. The molecule has 1 saturated heterocycles. The van der Waals surface area contributed by atoms with Gasteiger partial charge < -0.3 is 20.4 Å². The van der Waals surface area contributed by atoms with Crippen LogP contribution in [-0.2, 0) is 36.9 Å². The SMILES string of the molecule is O=C(Cc1ccc(F)cc1)C1CCN(Cc2ccncc2)CC1.O=C(O)/C=C\C(=O)O.O=C(O)/C=C\C(=O)O. The lowest BCUT2D eigenvalue weighted by Gasteiger charge is -2.31. The maximum atomic E-state index is 12.9. The molecule has 0 amide bonds. The zero-order valence-corrected chi connectivity index (χ0v) is 20.9. The fourth-order valence-electron chi connectivity index (χ4n) is 3.39. The Kier molecular flexibility index (Phi) is 14.7. The Labute approximate surface area is 223 Å². The summed E-state index contributed by atoms with van der Waals surface area (Å²) in [5.74, 6) is -4.88. The highest BCUT2D eigenvalue weighted by Gasteiger charge is 2.24. The van der Waals surface area contributed by atoms with Gasteiger partial charge in [-0.05, 0) is 61.3 Å². The lowest BCUT2D eigenvalue weighted by atomic mass is 9.89. The quantitative estimate of drug-likeness (QED) is 0.341. The second-order valence-electron chi connectivity index (χ2n) is 8.20. The minimum atomic E-state index is -1.26. The third kappa shape index (κ3) is 15.9. The van der Waals surface area contributed by atoms with Crippen molar-refractivity contribution in [3.05, 3.63) is 90.0 Å². The van der Waals surface area contributed by atoms with E-state index in [0.29, 0.717) is 30.7 Å². The van der Waals surface area contributed by atoms with Crippen LogP contribution in [0.15, 0.2) is 73.1 Å². The van der Waals surface area contributed by atoms with Crippen molar-refractivity contribution in [2.75, 3.05) is 13.1 Å². The van der Waals surface area contributed by atoms with E-state index in [9.17, 15) is 28.4 Å². The molecule has 0 unspecified atom stereocenters. The molecule has 0 spiro atoms. The van der Waals surface area contributed by atoms with Crippen LogP contribution in [0, 0.1) is 11.7 Å². The number of nitrogens with zero attached hydrogens (tertiary/aromatic N) is 2. The second kappa shape index (κ2) is 17.7. The number of ketones is 1. The molecule has 11 nitrogen and oxygen atoms in total. The highest BCUT2D eigenvalue weighted by molar-refractivity contribution is 5.90. The average Bonchev–Trinajstić information content (AvgIpc) is 2.89. The Hall–Kier alpha value is -4.71. The van der Waals surface area contributed by atoms with Gasteiger partial charge in [-0.15, -0.1) is 0 Å². The minimum absolute atomic E-state index is 0.133. The average molecular weight is 545 g/mol. The number of benzene rings is 1. The Morgan fingerprint density at radius 1 is 0.744 bits per heavy atom. The van der Waals surface area contributed by atoms with Crippen LogP contribution in [0.5, 0.6) is 0 Å². The number of likely N-dealkylation sites (tertiary alicyclic amines) is 1. The van der Waals surface area contributed by atoms with Crippen LogP contribution >= 0.6 is 0 Å². The van der Waals surface area contributed by atoms with Crippen molar-refractivity contribution in [3.63, 3.8) is 0 Å². The number of aromatic nitrogens is 1. The summed E-state index contributed by atoms with van der Waals surface area (Å²) in [5, 5.41) is 31.2. The van der Waals surface area contributed by atoms with Crippen LogP contribution in [0.4, 0.5) is 4.39 Å². The molecule has 3 rings (SSSR count). The molecular formula is C27H29FN2O9. The van der Waals surface area contributed by atoms with Crippen molar-refractivity contribution in [2.45, 2.75) is 25.8 Å². The third-order valence-electron chi connectivity index (χ3n) is 5.23. The summed E-state index contributed by atoms with van der Waals surface area (Å²) in [7, 11) is 0. The van der Waals surface area contributed by atoms with E-state index in [1.165, 1.54) is 17.7 Å². The summed E-state index contributed by atoms with van der Waals surface area (Å²) < 4.78 is 12.9. The molecule has 2 aromatic rings. The standard InChI is InChI=1S/C19H21FN2O.2C4H4O4/c20-18-3-1-15(2-4-18)13-19(23)17-7-11-22(12-8-17)14-16-5-9-21-10-6-16;2*5-3(6)1-2-4(7)8/h1-6,9-10,17H,7-8,11-14H2;2*1-2H,(H,5,6)(H,7,8)/b;2*2-1-. The van der Waals surface area contributed by atoms with Crippen LogP contribution in [0.2, 0.25) is 0 Å². The maximum absolute atomic E-state index is 12.9. The zero-order valence-electron chi connectivity index (χ0n) is 20.9. The fourth-order valence-corrected chi connectivity index (χ4v) is 3.39. The van der Waals surface area contributed by atoms with E-state index in [-0.39, 0.29) is 17.5 Å². The van der Waals surface area contributed by atoms with Gasteiger partial charge in [-0.1, -0.05) is 12.1 Å². The normalized spacial score (nSPS) is 13.6. The number of Topliss-reactive ketones (excluding diaryl/α,β-unsaturated/α-hetero) is 1. The molecule has 1 aromatic heterocycles. The molecule has 1 aliphatic heterocycles. The topological polar surface area (TPSA) is 182 Å². The summed E-state index contributed by atoms with van der Waals surface area (Å²) in [5.41, 5.74) is 2.16. The number of carboxylic acids is 4. The van der Waals surface area contributed by atoms with E-state index >= 15 is 0 Å². The van der Waals surface area contributed by atoms with Gasteiger partial charge in [0.25, 0.3) is 0 Å². The summed E-state index contributed by atoms with van der Waals surface area (Å²) in [4.78, 5) is 57.0. The maximum Gasteiger partial charge on any atom is 0.328 e. The number of aliphatic carboxylic acids is 4. The molecular weight excluding hydrogens is 515 g/mol. The molecule has 0 atom stereocenters. The molecule has 4 N–H and O–H groups in total. The van der Waals surface area contributed by atoms with E-state index in [1.807, 2.05) is 24.5 Å². The van der Waals surface area contributed by atoms with Gasteiger partial charge in [0.05, 0.1) is 0 Å². The number of piperidine rings is 1. The van der Waals surface area contributed by atoms with E-state index in [0.717, 1.165) is 38.0 Å². The van der Waals surface area contributed by atoms with E-state index in [2.05, 4.69) is 9.88 Å². The zero-order chi connectivity index (χ0) is 29.2. The predicted octanol–water partition coefficient (Wildman–Crippen LogP) is 2.67. The second-order valence-corrected chi connectivity index (χ2v) is 8.20. The highest BCUT2D eigenvalue weighted by atomic mass is 19.1. The first-order valence-corrected chi connectivity index (χ1v) is 11.6. The molecule has 0 aliphatic carbocycles. The summed E-state index contributed by atoms with van der Waals surface area (Å²) in [6.45, 7) is 2.81. The van der Waals surface area contributed by atoms with Gasteiger partial charge in [-0.25, -0.2) is 23.6 Å². The van der Waals surface area contributed by atoms with Crippen molar-refractivity contribution < 1.29 is 48.8 Å². The monoisotopic (exact) mass is 544 g/mol. The molecule has 1 aliphatic rings. The molecule has 1 aromatic carbocycles. The first kappa shape index (κ1) is 32.3. The fraction of sp³-hybridized carbons (Fsp3) is 0.259. The minimum Gasteiger partial charge on any atom is -0.478 e. The van der Waals surface area contributed by atoms with Crippen LogP contribution in [0.1, 0.15) is 24.0 Å². The third-order valence-corrected chi connectivity index (χ3v) is 5.23. The molecule has 208 valence electrons. The lowest BCUT2D eigenvalue weighted by molar-refractivity contribution is -0.134. The van der Waals surface area contributed by atoms with Gasteiger partial charge in [0.2, 0.25) is 0 Å². The van der Waals surface area contributed by atoms with E-state index in [4.69, 9.17) is 20.4 Å². The van der Waals surface area contributed by atoms with Gasteiger partial charge >= 0.3 is 23.9 Å². The van der Waals surface area contributed by atoms with Gasteiger partial charge in [0, 0.05) is 55.6 Å². The Morgan fingerprint density at radius 2 is 1.18 bits per heavy atom. The summed E-state index contributed by atoms with van der Waals surface area (Å²) >= 11 is 0. The number of pyridine rings is 1. The Bertz CT molecular complexity index is 1090. The predicted molar refractivity (Wildman–Crippen MR) is 136 cm³/mol. The number of hydrogen-bond donors (Lipinski definition) is 4. The van der Waals surface area contributed by atoms with Gasteiger partial charge in [-0.3, -0.25) is 14.7 Å². The van der Waals surface area contributed by atoms with Gasteiger partial charge in [0.15, 0.2) is 0 Å². The number of carbonyl (C=O) groups excluding carboxylic acids is 1. The van der Waals surface area contributed by atoms with Crippen molar-refractivity contribution in [1.82, 2.24) is 9.88 Å². The van der Waals surface area contributed by atoms with Gasteiger partial charge in [-0.2, -0.15) is 0 Å². The van der Waals surface area contributed by atoms with Crippen molar-refractivity contribution >= 4 is 29.7 Å². The van der Waals surface area contributed by atoms with E-state index < -0.39 is 23.9 Å². The van der Waals surface area contributed by atoms with Crippen LogP contribution in [0.25, 0.3) is 0 Å². The molecule has 0 bridgehead atoms. The first-order valence-electron chi connectivity index (χ1n) is 11.6. The summed E-state index contributed by atoms with van der Waals surface area (Å²) in [6, 6.07) is 10.3. The van der Waals surface area contributed by atoms with Gasteiger partial charge in [0.1, 0.15) is 11.6 Å². The Morgan fingerprint density at radius 3 is 1.59 bits per heavy atom. The number of hydrogen-bond acceptors (Lipinski definition) is 7. The van der Waals surface area contributed by atoms with Crippen molar-refractivity contribution in [1.29, 1.82) is 0 Å². The van der Waals surface area contributed by atoms with E-state index in [1.54, 1.807) is 12.1 Å². The molecule has 0 radical (unpaired) electrons. The molecule has 2 heterocycles. The highest BCUT2D eigenvalue weighted by Crippen LogP contribution is 2.21. The number of halogens is 1. The largest absolute Gasteiger partial charge is 0.478 e.